The molecule has 3 N–H and O–H groups in total. The van der Waals surface area contributed by atoms with Crippen LogP contribution in [0.4, 0.5) is 0 Å². The number of pyridine rings is 1. The zero-order chi connectivity index (χ0) is 12.8. The summed E-state index contributed by atoms with van der Waals surface area (Å²) in [7, 11) is 3.26. The van der Waals surface area contributed by atoms with Crippen LogP contribution >= 0.6 is 0 Å². The van der Waals surface area contributed by atoms with Gasteiger partial charge in [-0.15, -0.1) is 0 Å². The summed E-state index contributed by atoms with van der Waals surface area (Å²) in [5, 5.41) is 2.53. The molecule has 0 saturated carbocycles. The van der Waals surface area contributed by atoms with Gasteiger partial charge in [-0.2, -0.15) is 0 Å². The molecule has 0 fully saturated rings. The maximum atomic E-state index is 11.7. The molecule has 0 unspecified atom stereocenters. The van der Waals surface area contributed by atoms with Crippen LogP contribution in [-0.2, 0) is 11.3 Å². The number of aromatic nitrogens is 1. The van der Waals surface area contributed by atoms with Crippen molar-refractivity contribution in [3.8, 4) is 0 Å². The Morgan fingerprint density at radius 3 is 2.76 bits per heavy atom. The van der Waals surface area contributed by atoms with Gasteiger partial charge in [0.15, 0.2) is 0 Å². The molecule has 0 aliphatic heterocycles. The van der Waals surface area contributed by atoms with E-state index in [1.807, 2.05) is 0 Å². The van der Waals surface area contributed by atoms with Gasteiger partial charge in [0.25, 0.3) is 5.91 Å². The largest absolute Gasteiger partial charge is 0.347 e. The average Bonchev–Trinajstić information content (AvgIpc) is 2.35. The summed E-state index contributed by atoms with van der Waals surface area (Å²) in [4.78, 5) is 28.4. The maximum absolute atomic E-state index is 11.7. The van der Waals surface area contributed by atoms with Crippen LogP contribution in [0.25, 0.3) is 0 Å². The lowest BCUT2D eigenvalue weighted by Crippen LogP contribution is -2.36. The van der Waals surface area contributed by atoms with Crippen molar-refractivity contribution in [3.05, 3.63) is 29.6 Å². The Labute approximate surface area is 99.8 Å². The summed E-state index contributed by atoms with van der Waals surface area (Å²) in [5.41, 5.74) is 6.51. The van der Waals surface area contributed by atoms with Gasteiger partial charge in [0.1, 0.15) is 0 Å². The van der Waals surface area contributed by atoms with E-state index in [9.17, 15) is 9.59 Å². The van der Waals surface area contributed by atoms with Crippen molar-refractivity contribution in [2.45, 2.75) is 6.54 Å². The lowest BCUT2D eigenvalue weighted by molar-refractivity contribution is -0.127. The van der Waals surface area contributed by atoms with Crippen molar-refractivity contribution >= 4 is 11.8 Å². The zero-order valence-corrected chi connectivity index (χ0v) is 9.93. The summed E-state index contributed by atoms with van der Waals surface area (Å²) in [6.07, 6.45) is 1.52. The predicted octanol–water partition coefficient (Wildman–Crippen LogP) is -0.642. The molecule has 0 spiro atoms. The lowest BCUT2D eigenvalue weighted by atomic mass is 10.2. The predicted molar refractivity (Wildman–Crippen MR) is 63.2 cm³/mol. The van der Waals surface area contributed by atoms with Crippen molar-refractivity contribution < 1.29 is 9.59 Å². The number of hydrogen-bond acceptors (Lipinski definition) is 4. The second-order valence-corrected chi connectivity index (χ2v) is 3.71. The van der Waals surface area contributed by atoms with Crippen molar-refractivity contribution in [1.82, 2.24) is 15.2 Å². The van der Waals surface area contributed by atoms with E-state index in [0.29, 0.717) is 11.3 Å². The maximum Gasteiger partial charge on any atom is 0.251 e. The second-order valence-electron chi connectivity index (χ2n) is 3.71. The molecule has 0 aliphatic carbocycles. The van der Waals surface area contributed by atoms with Gasteiger partial charge in [-0.25, -0.2) is 0 Å². The third kappa shape index (κ3) is 3.84. The number of carbonyl (C=O) groups excluding carboxylic acids is 2. The molecule has 1 aromatic rings. The minimum atomic E-state index is -0.308. The lowest BCUT2D eigenvalue weighted by Gasteiger charge is -2.11. The summed E-state index contributed by atoms with van der Waals surface area (Å²) < 4.78 is 0. The Hall–Kier alpha value is -1.95. The van der Waals surface area contributed by atoms with E-state index >= 15 is 0 Å². The van der Waals surface area contributed by atoms with E-state index in [1.54, 1.807) is 26.2 Å². The highest BCUT2D eigenvalue weighted by atomic mass is 16.2. The molecule has 0 aromatic carbocycles. The zero-order valence-electron chi connectivity index (χ0n) is 9.93. The van der Waals surface area contributed by atoms with Gasteiger partial charge in [0.2, 0.25) is 5.91 Å². The highest BCUT2D eigenvalue weighted by Gasteiger charge is 2.09. The summed E-state index contributed by atoms with van der Waals surface area (Å²) in [5.74, 6) is -0.469. The van der Waals surface area contributed by atoms with Crippen LogP contribution in [0.1, 0.15) is 16.1 Å². The third-order valence-corrected chi connectivity index (χ3v) is 2.19. The summed E-state index contributed by atoms with van der Waals surface area (Å²) >= 11 is 0. The van der Waals surface area contributed by atoms with Crippen molar-refractivity contribution in [3.63, 3.8) is 0 Å². The first-order valence-corrected chi connectivity index (χ1v) is 5.18. The van der Waals surface area contributed by atoms with Crippen molar-refractivity contribution in [2.75, 3.05) is 20.6 Å². The molecule has 0 bridgehead atoms. The Balaban J connectivity index is 2.61. The summed E-state index contributed by atoms with van der Waals surface area (Å²) in [6.45, 7) is 0.254. The average molecular weight is 236 g/mol. The van der Waals surface area contributed by atoms with Gasteiger partial charge in [0.05, 0.1) is 12.2 Å². The quantitative estimate of drug-likeness (QED) is 0.727. The Morgan fingerprint density at radius 2 is 2.18 bits per heavy atom. The number of nitrogens with two attached hydrogens (primary N) is 1. The highest BCUT2D eigenvalue weighted by Crippen LogP contribution is 2.00. The standard InChI is InChI=1S/C11H16N4O2/c1-15(2)10(16)7-14-11(17)8-3-4-13-9(5-8)6-12/h3-5H,6-7,12H2,1-2H3,(H,14,17). The summed E-state index contributed by atoms with van der Waals surface area (Å²) in [6, 6.07) is 3.18. The molecule has 1 aromatic heterocycles. The first-order valence-electron chi connectivity index (χ1n) is 5.18. The molecule has 6 heteroatoms. The fourth-order valence-electron chi connectivity index (χ4n) is 1.15. The molecule has 17 heavy (non-hydrogen) atoms. The molecular formula is C11H16N4O2. The monoisotopic (exact) mass is 236 g/mol. The number of amides is 2. The van der Waals surface area contributed by atoms with Crippen LogP contribution in [0.2, 0.25) is 0 Å². The molecule has 1 rings (SSSR count). The Morgan fingerprint density at radius 1 is 1.47 bits per heavy atom. The van der Waals surface area contributed by atoms with E-state index < -0.39 is 0 Å². The number of likely N-dealkylation sites (N-methyl/N-ethyl adjacent to an activating group) is 1. The topological polar surface area (TPSA) is 88.3 Å². The van der Waals surface area contributed by atoms with Crippen LogP contribution < -0.4 is 11.1 Å². The molecule has 0 saturated heterocycles. The smallest absolute Gasteiger partial charge is 0.251 e. The van der Waals surface area contributed by atoms with Gasteiger partial charge < -0.3 is 16.0 Å². The Bertz CT molecular complexity index is 418. The second kappa shape index (κ2) is 5.95. The number of carbonyl (C=O) groups is 2. The van der Waals surface area contributed by atoms with Crippen LogP contribution in [0.15, 0.2) is 18.3 Å². The number of hydrogen-bond donors (Lipinski definition) is 2. The first-order chi connectivity index (χ1) is 8.04. The van der Waals surface area contributed by atoms with Crippen molar-refractivity contribution in [2.24, 2.45) is 5.73 Å². The van der Waals surface area contributed by atoms with E-state index in [-0.39, 0.29) is 24.9 Å². The van der Waals surface area contributed by atoms with Crippen LogP contribution in [0.5, 0.6) is 0 Å². The van der Waals surface area contributed by atoms with Gasteiger partial charge in [0, 0.05) is 32.4 Å². The number of nitrogens with zero attached hydrogens (tertiary/aromatic N) is 2. The van der Waals surface area contributed by atoms with Crippen LogP contribution in [0.3, 0.4) is 0 Å². The minimum Gasteiger partial charge on any atom is -0.347 e. The minimum absolute atomic E-state index is 0.0217. The molecule has 0 atom stereocenters. The molecule has 0 radical (unpaired) electrons. The van der Waals surface area contributed by atoms with Gasteiger partial charge >= 0.3 is 0 Å². The highest BCUT2D eigenvalue weighted by molar-refractivity contribution is 5.96. The number of nitrogens with one attached hydrogen (secondary N) is 1. The van der Waals surface area contributed by atoms with Gasteiger partial charge in [-0.05, 0) is 12.1 Å². The van der Waals surface area contributed by atoms with Crippen LogP contribution in [-0.4, -0.2) is 42.3 Å². The van der Waals surface area contributed by atoms with Crippen molar-refractivity contribution in [1.29, 1.82) is 0 Å². The van der Waals surface area contributed by atoms with E-state index in [2.05, 4.69) is 10.3 Å². The molecule has 1 heterocycles. The Kier molecular flexibility index (Phi) is 4.59. The fraction of sp³-hybridized carbons (Fsp3) is 0.364. The molecule has 92 valence electrons. The van der Waals surface area contributed by atoms with E-state index in [0.717, 1.165) is 0 Å². The third-order valence-electron chi connectivity index (χ3n) is 2.19. The van der Waals surface area contributed by atoms with Gasteiger partial charge in [-0.1, -0.05) is 0 Å². The molecular weight excluding hydrogens is 220 g/mol. The molecule has 6 nitrogen and oxygen atoms in total. The fourth-order valence-corrected chi connectivity index (χ4v) is 1.15. The molecule has 0 aliphatic rings. The first kappa shape index (κ1) is 13.1. The normalized spacial score (nSPS) is 9.82. The van der Waals surface area contributed by atoms with Crippen LogP contribution in [0, 0.1) is 0 Å². The van der Waals surface area contributed by atoms with E-state index in [1.165, 1.54) is 11.1 Å². The SMILES string of the molecule is CN(C)C(=O)CNC(=O)c1ccnc(CN)c1. The molecule has 2 amide bonds. The van der Waals surface area contributed by atoms with E-state index in [4.69, 9.17) is 5.73 Å². The van der Waals surface area contributed by atoms with Gasteiger partial charge in [-0.3, -0.25) is 14.6 Å². The number of rotatable bonds is 4.